The number of anilines is 1. The monoisotopic (exact) mass is 453 g/mol. The predicted molar refractivity (Wildman–Crippen MR) is 119 cm³/mol. The van der Waals surface area contributed by atoms with Crippen LogP contribution in [0.25, 0.3) is 33.3 Å². The first-order chi connectivity index (χ1) is 16.0. The van der Waals surface area contributed by atoms with E-state index in [0.717, 1.165) is 49.4 Å². The Bertz CT molecular complexity index is 1340. The number of alkyl halides is 3. The molecule has 0 spiro atoms. The maximum absolute atomic E-state index is 13.3. The highest BCUT2D eigenvalue weighted by atomic mass is 19.4. The molecule has 2 aliphatic rings. The lowest BCUT2D eigenvalue weighted by atomic mass is 9.79. The summed E-state index contributed by atoms with van der Waals surface area (Å²) < 4.78 is 39.9. The van der Waals surface area contributed by atoms with Crippen molar-refractivity contribution in [3.8, 4) is 11.4 Å². The third-order valence-corrected chi connectivity index (χ3v) is 6.66. The Balaban J connectivity index is 1.54. The number of nitrogens with zero attached hydrogens (tertiary/aromatic N) is 4. The van der Waals surface area contributed by atoms with Gasteiger partial charge in [0.1, 0.15) is 17.2 Å². The number of hydrogen-bond acceptors (Lipinski definition) is 6. The van der Waals surface area contributed by atoms with E-state index in [9.17, 15) is 13.2 Å². The van der Waals surface area contributed by atoms with Gasteiger partial charge in [0.25, 0.3) is 0 Å². The van der Waals surface area contributed by atoms with Crippen molar-refractivity contribution in [1.29, 1.82) is 0 Å². The Kier molecular flexibility index (Phi) is 4.72. The van der Waals surface area contributed by atoms with Gasteiger partial charge in [0, 0.05) is 41.3 Å². The molecule has 7 nitrogen and oxygen atoms in total. The number of pyridine rings is 2. The van der Waals surface area contributed by atoms with Crippen molar-refractivity contribution < 1.29 is 13.2 Å². The van der Waals surface area contributed by atoms with Crippen molar-refractivity contribution in [2.45, 2.75) is 43.8 Å². The lowest BCUT2D eigenvalue weighted by Gasteiger charge is -2.27. The number of aromatic amines is 1. The zero-order valence-electron chi connectivity index (χ0n) is 17.7. The quantitative estimate of drug-likeness (QED) is 0.417. The number of nitrogens with one attached hydrogen (secondary N) is 3. The highest BCUT2D eigenvalue weighted by molar-refractivity contribution is 5.97. The zero-order chi connectivity index (χ0) is 22.6. The summed E-state index contributed by atoms with van der Waals surface area (Å²) in [6.45, 7) is 1.76. The molecule has 33 heavy (non-hydrogen) atoms. The average molecular weight is 453 g/mol. The molecule has 0 unspecified atom stereocenters. The van der Waals surface area contributed by atoms with Gasteiger partial charge in [-0.15, -0.1) is 0 Å². The minimum Gasteiger partial charge on any atom is -0.365 e. The summed E-state index contributed by atoms with van der Waals surface area (Å²) in [6.07, 6.45) is 4.97. The molecule has 3 N–H and O–H groups in total. The van der Waals surface area contributed by atoms with Crippen LogP contribution in [-0.2, 0) is 6.18 Å². The van der Waals surface area contributed by atoms with Gasteiger partial charge in [-0.2, -0.15) is 13.2 Å². The van der Waals surface area contributed by atoms with E-state index in [-0.39, 0.29) is 11.7 Å². The van der Waals surface area contributed by atoms with Gasteiger partial charge in [-0.1, -0.05) is 6.42 Å². The molecule has 1 saturated carbocycles. The summed E-state index contributed by atoms with van der Waals surface area (Å²) in [5.74, 6) is 1.50. The zero-order valence-corrected chi connectivity index (χ0v) is 17.7. The lowest BCUT2D eigenvalue weighted by molar-refractivity contribution is -0.140. The summed E-state index contributed by atoms with van der Waals surface area (Å²) in [6, 6.07) is 2.95. The number of rotatable bonds is 4. The van der Waals surface area contributed by atoms with Gasteiger partial charge in [-0.25, -0.2) is 15.0 Å². The molecule has 5 heterocycles. The Morgan fingerprint density at radius 1 is 1.09 bits per heavy atom. The molecule has 4 aromatic heterocycles. The third kappa shape index (κ3) is 3.58. The number of aromatic nitrogens is 5. The van der Waals surface area contributed by atoms with E-state index in [1.807, 2.05) is 6.20 Å². The van der Waals surface area contributed by atoms with E-state index < -0.39 is 11.9 Å². The van der Waals surface area contributed by atoms with Crippen LogP contribution in [0.1, 0.15) is 42.9 Å². The van der Waals surface area contributed by atoms with Crippen LogP contribution in [0, 0.1) is 0 Å². The highest BCUT2D eigenvalue weighted by Gasteiger charge is 2.33. The van der Waals surface area contributed by atoms with Crippen LogP contribution in [0.5, 0.6) is 0 Å². The van der Waals surface area contributed by atoms with E-state index in [1.165, 1.54) is 12.6 Å². The minimum atomic E-state index is -4.49. The van der Waals surface area contributed by atoms with E-state index in [0.29, 0.717) is 34.0 Å². The van der Waals surface area contributed by atoms with Gasteiger partial charge in [0.15, 0.2) is 5.82 Å². The average Bonchev–Trinajstić information content (AvgIpc) is 3.41. The third-order valence-electron chi connectivity index (χ3n) is 6.66. The fourth-order valence-corrected chi connectivity index (χ4v) is 4.71. The van der Waals surface area contributed by atoms with Crippen molar-refractivity contribution in [2.24, 2.45) is 0 Å². The Labute approximate surface area is 187 Å². The van der Waals surface area contributed by atoms with Crippen molar-refractivity contribution in [1.82, 2.24) is 30.2 Å². The van der Waals surface area contributed by atoms with Crippen LogP contribution >= 0.6 is 0 Å². The topological polar surface area (TPSA) is 91.4 Å². The molecule has 1 atom stereocenters. The first kappa shape index (κ1) is 20.3. The summed E-state index contributed by atoms with van der Waals surface area (Å²) >= 11 is 0. The second-order valence-electron chi connectivity index (χ2n) is 8.78. The second-order valence-corrected chi connectivity index (χ2v) is 8.78. The molecule has 2 fully saturated rings. The van der Waals surface area contributed by atoms with Crippen molar-refractivity contribution >= 4 is 27.8 Å². The molecule has 10 heteroatoms. The summed E-state index contributed by atoms with van der Waals surface area (Å²) in [4.78, 5) is 20.5. The number of fused-ring (bicyclic) bond motifs is 2. The summed E-state index contributed by atoms with van der Waals surface area (Å²) in [5, 5.41) is 8.21. The summed E-state index contributed by atoms with van der Waals surface area (Å²) in [5.41, 5.74) is 1.63. The van der Waals surface area contributed by atoms with E-state index in [4.69, 9.17) is 9.97 Å². The van der Waals surface area contributed by atoms with Crippen LogP contribution in [0.15, 0.2) is 30.7 Å². The molecule has 1 saturated heterocycles. The highest BCUT2D eigenvalue weighted by Crippen LogP contribution is 2.42. The Morgan fingerprint density at radius 3 is 2.70 bits per heavy atom. The van der Waals surface area contributed by atoms with Gasteiger partial charge in [0.2, 0.25) is 0 Å². The molecule has 170 valence electrons. The van der Waals surface area contributed by atoms with Gasteiger partial charge < -0.3 is 15.6 Å². The Morgan fingerprint density at radius 2 is 1.97 bits per heavy atom. The molecule has 1 aliphatic carbocycles. The van der Waals surface area contributed by atoms with E-state index in [2.05, 4.69) is 25.6 Å². The minimum absolute atomic E-state index is 0.152. The molecular weight excluding hydrogens is 431 g/mol. The van der Waals surface area contributed by atoms with E-state index >= 15 is 0 Å². The molecule has 0 aromatic carbocycles. The van der Waals surface area contributed by atoms with Crippen molar-refractivity contribution in [3.63, 3.8) is 0 Å². The first-order valence-electron chi connectivity index (χ1n) is 11.2. The largest absolute Gasteiger partial charge is 0.431 e. The summed E-state index contributed by atoms with van der Waals surface area (Å²) in [7, 11) is 0. The van der Waals surface area contributed by atoms with Crippen LogP contribution < -0.4 is 10.6 Å². The van der Waals surface area contributed by atoms with Gasteiger partial charge >= 0.3 is 6.18 Å². The fourth-order valence-electron chi connectivity index (χ4n) is 4.71. The number of hydrogen-bond donors (Lipinski definition) is 3. The molecule has 0 radical (unpaired) electrons. The molecular formula is C23H22F3N7. The maximum atomic E-state index is 13.3. The molecule has 0 amide bonds. The van der Waals surface area contributed by atoms with Gasteiger partial charge in [0.05, 0.1) is 11.7 Å². The van der Waals surface area contributed by atoms with E-state index in [1.54, 1.807) is 12.3 Å². The number of H-pyrrole nitrogens is 1. The standard InChI is InChI=1S/C23H22F3N7/c24-23(25,26)18-8-15-14(5-7-29-20(15)32-18)21-31-17-11-28-10-16(12-2-1-3-12)19(17)22(33-21)30-13-4-6-27-9-13/h5,7-8,10-13,27H,1-4,6,9H2,(H,29,32)(H,30,31,33)/t13-/m0/s1. The smallest absolute Gasteiger partial charge is 0.365 e. The van der Waals surface area contributed by atoms with Gasteiger partial charge in [-0.05, 0) is 49.4 Å². The van der Waals surface area contributed by atoms with Crippen LogP contribution in [0.4, 0.5) is 19.0 Å². The Hall–Kier alpha value is -3.27. The van der Waals surface area contributed by atoms with Gasteiger partial charge in [-0.3, -0.25) is 4.98 Å². The molecule has 6 rings (SSSR count). The second kappa shape index (κ2) is 7.65. The molecule has 0 bridgehead atoms. The predicted octanol–water partition coefficient (Wildman–Crippen LogP) is 4.63. The molecule has 4 aromatic rings. The lowest BCUT2D eigenvalue weighted by Crippen LogP contribution is -2.23. The maximum Gasteiger partial charge on any atom is 0.431 e. The first-order valence-corrected chi connectivity index (χ1v) is 11.2. The van der Waals surface area contributed by atoms with Crippen molar-refractivity contribution in [3.05, 3.63) is 42.0 Å². The van der Waals surface area contributed by atoms with Crippen LogP contribution in [-0.4, -0.2) is 44.1 Å². The fraction of sp³-hybridized carbons (Fsp3) is 0.391. The SMILES string of the molecule is FC(F)(F)c1cc2c(-c3nc(N[C@H]4CCNC4)c4c(C5CCC5)cncc4n3)ccnc2[nH]1. The normalized spacial score (nSPS) is 19.3. The molecule has 1 aliphatic heterocycles. The van der Waals surface area contributed by atoms with Crippen molar-refractivity contribution in [2.75, 3.05) is 18.4 Å². The van der Waals surface area contributed by atoms with Crippen LogP contribution in [0.3, 0.4) is 0 Å². The van der Waals surface area contributed by atoms with Crippen LogP contribution in [0.2, 0.25) is 0 Å². The number of halogens is 3.